The molecule has 2 N–H and O–H groups in total. The molecule has 5 rings (SSSR count). The normalized spacial score (nSPS) is 17.9. The number of carbonyl (C=O) groups excluding carboxylic acids is 1. The van der Waals surface area contributed by atoms with E-state index < -0.39 is 0 Å². The number of rotatable bonds is 7. The van der Waals surface area contributed by atoms with Crippen molar-refractivity contribution in [2.75, 3.05) is 30.9 Å². The third-order valence-corrected chi connectivity index (χ3v) is 7.01. The first-order chi connectivity index (χ1) is 17.1. The number of amides is 1. The molecule has 0 bridgehead atoms. The van der Waals surface area contributed by atoms with E-state index >= 15 is 0 Å². The monoisotopic (exact) mass is 467 g/mol. The minimum atomic E-state index is 0.0994. The van der Waals surface area contributed by atoms with E-state index in [1.54, 1.807) is 0 Å². The van der Waals surface area contributed by atoms with Gasteiger partial charge in [-0.2, -0.15) is 4.98 Å². The Balaban J connectivity index is 1.13. The predicted octanol–water partition coefficient (Wildman–Crippen LogP) is 5.18. The minimum absolute atomic E-state index is 0.0994. The molecule has 180 valence electrons. The van der Waals surface area contributed by atoms with Crippen molar-refractivity contribution >= 4 is 39.3 Å². The summed E-state index contributed by atoms with van der Waals surface area (Å²) < 4.78 is 0. The van der Waals surface area contributed by atoms with Crippen molar-refractivity contribution in [2.24, 2.45) is 5.92 Å². The van der Waals surface area contributed by atoms with Gasteiger partial charge in [-0.05, 0) is 60.1 Å². The van der Waals surface area contributed by atoms with Gasteiger partial charge in [-0.25, -0.2) is 4.98 Å². The summed E-state index contributed by atoms with van der Waals surface area (Å²) in [5.74, 6) is 2.24. The van der Waals surface area contributed by atoms with Crippen molar-refractivity contribution in [1.29, 1.82) is 0 Å². The number of hydrogen-bond donors (Lipinski definition) is 2. The fourth-order valence-electron chi connectivity index (χ4n) is 5.10. The van der Waals surface area contributed by atoms with Crippen molar-refractivity contribution in [3.63, 3.8) is 0 Å². The third-order valence-electron chi connectivity index (χ3n) is 7.01. The van der Waals surface area contributed by atoms with Gasteiger partial charge in [0.15, 0.2) is 0 Å². The third kappa shape index (κ3) is 5.37. The first kappa shape index (κ1) is 23.1. The Morgan fingerprint density at radius 1 is 0.886 bits per heavy atom. The number of carbonyl (C=O) groups is 1. The Hall–Kier alpha value is -3.67. The van der Waals surface area contributed by atoms with Crippen molar-refractivity contribution in [3.8, 4) is 0 Å². The van der Waals surface area contributed by atoms with Crippen LogP contribution in [0.3, 0.4) is 0 Å². The molecule has 0 spiro atoms. The van der Waals surface area contributed by atoms with Crippen molar-refractivity contribution < 1.29 is 4.79 Å². The van der Waals surface area contributed by atoms with Crippen LogP contribution >= 0.6 is 0 Å². The first-order valence-corrected chi connectivity index (χ1v) is 12.5. The summed E-state index contributed by atoms with van der Waals surface area (Å²) >= 11 is 0. The zero-order chi connectivity index (χ0) is 24.2. The molecular formula is C29H33N5O. The molecule has 1 heterocycles. The summed E-state index contributed by atoms with van der Waals surface area (Å²) in [4.78, 5) is 24.2. The number of hydrogen-bond acceptors (Lipinski definition) is 5. The van der Waals surface area contributed by atoms with Crippen LogP contribution in [0.5, 0.6) is 0 Å². The maximum atomic E-state index is 12.7. The molecule has 0 saturated heterocycles. The second kappa shape index (κ2) is 10.3. The van der Waals surface area contributed by atoms with Gasteiger partial charge in [0.1, 0.15) is 5.82 Å². The van der Waals surface area contributed by atoms with Crippen LogP contribution in [-0.4, -0.2) is 42.6 Å². The minimum Gasteiger partial charge on any atom is -0.362 e. The van der Waals surface area contributed by atoms with Crippen LogP contribution in [0, 0.1) is 5.92 Å². The molecule has 6 heteroatoms. The molecule has 0 unspecified atom stereocenters. The summed E-state index contributed by atoms with van der Waals surface area (Å²) in [6.45, 7) is 0.744. The lowest BCUT2D eigenvalue weighted by atomic mass is 9.86. The second-order valence-electron chi connectivity index (χ2n) is 9.76. The van der Waals surface area contributed by atoms with E-state index in [4.69, 9.17) is 9.97 Å². The van der Waals surface area contributed by atoms with Gasteiger partial charge in [0.2, 0.25) is 11.9 Å². The van der Waals surface area contributed by atoms with Gasteiger partial charge in [0.05, 0.1) is 11.9 Å². The number of fused-ring (bicyclic) bond motifs is 2. The van der Waals surface area contributed by atoms with Gasteiger partial charge in [0, 0.05) is 32.1 Å². The average Bonchev–Trinajstić information content (AvgIpc) is 2.88. The van der Waals surface area contributed by atoms with Gasteiger partial charge in [0.25, 0.3) is 0 Å². The lowest BCUT2D eigenvalue weighted by molar-refractivity contribution is -0.120. The highest BCUT2D eigenvalue weighted by Gasteiger charge is 2.23. The smallest absolute Gasteiger partial charge is 0.225 e. The number of anilines is 2. The largest absolute Gasteiger partial charge is 0.362 e. The number of aromatic nitrogens is 2. The highest BCUT2D eigenvalue weighted by atomic mass is 16.1. The van der Waals surface area contributed by atoms with Crippen LogP contribution in [0.15, 0.2) is 66.7 Å². The Bertz CT molecular complexity index is 1320. The highest BCUT2D eigenvalue weighted by Crippen LogP contribution is 2.28. The molecular weight excluding hydrogens is 434 g/mol. The summed E-state index contributed by atoms with van der Waals surface area (Å²) in [5.41, 5.74) is 2.04. The van der Waals surface area contributed by atoms with Crippen LogP contribution in [-0.2, 0) is 11.2 Å². The lowest BCUT2D eigenvalue weighted by Gasteiger charge is -2.29. The molecule has 35 heavy (non-hydrogen) atoms. The molecule has 0 atom stereocenters. The Kier molecular flexibility index (Phi) is 6.80. The fraction of sp³-hybridized carbons (Fsp3) is 0.345. The quantitative estimate of drug-likeness (QED) is 0.392. The zero-order valence-corrected chi connectivity index (χ0v) is 20.5. The van der Waals surface area contributed by atoms with Crippen LogP contribution in [0.4, 0.5) is 11.8 Å². The molecule has 3 aromatic carbocycles. The van der Waals surface area contributed by atoms with E-state index in [2.05, 4.69) is 41.0 Å². The van der Waals surface area contributed by atoms with Crippen LogP contribution in [0.2, 0.25) is 0 Å². The molecule has 0 radical (unpaired) electrons. The van der Waals surface area contributed by atoms with E-state index in [0.29, 0.717) is 24.3 Å². The van der Waals surface area contributed by atoms with Crippen LogP contribution < -0.4 is 15.5 Å². The first-order valence-electron chi connectivity index (χ1n) is 12.5. The molecule has 6 nitrogen and oxygen atoms in total. The predicted molar refractivity (Wildman–Crippen MR) is 144 cm³/mol. The van der Waals surface area contributed by atoms with E-state index in [0.717, 1.165) is 59.9 Å². The van der Waals surface area contributed by atoms with E-state index in [9.17, 15) is 4.79 Å². The summed E-state index contributed by atoms with van der Waals surface area (Å²) in [5, 5.41) is 10.1. The molecule has 4 aromatic rings. The maximum absolute atomic E-state index is 12.7. The number of nitrogens with zero attached hydrogens (tertiary/aromatic N) is 3. The topological polar surface area (TPSA) is 70.2 Å². The van der Waals surface area contributed by atoms with Crippen molar-refractivity contribution in [2.45, 2.75) is 38.1 Å². The van der Waals surface area contributed by atoms with Crippen LogP contribution in [0.25, 0.3) is 21.7 Å². The van der Waals surface area contributed by atoms with Gasteiger partial charge in [-0.1, -0.05) is 54.6 Å². The number of benzene rings is 3. The Morgan fingerprint density at radius 2 is 1.60 bits per heavy atom. The van der Waals surface area contributed by atoms with Crippen molar-refractivity contribution in [3.05, 3.63) is 72.3 Å². The van der Waals surface area contributed by atoms with Crippen LogP contribution in [0.1, 0.15) is 31.2 Å². The number of nitrogens with one attached hydrogen (secondary N) is 2. The van der Waals surface area contributed by atoms with Crippen molar-refractivity contribution in [1.82, 2.24) is 15.3 Å². The molecule has 1 aliphatic rings. The summed E-state index contributed by atoms with van der Waals surface area (Å²) in [7, 11) is 4.02. The maximum Gasteiger partial charge on any atom is 0.225 e. The zero-order valence-electron chi connectivity index (χ0n) is 20.5. The Labute approximate surface area is 206 Å². The highest BCUT2D eigenvalue weighted by molar-refractivity contribution is 5.91. The standard InChI is InChI=1S/C29H33N5O/c1-34(2)28-25-12-5-6-13-26(25)32-29(33-28)31-23-16-14-20(15-17-23)19-30-27(35)18-22-10-7-9-21-8-3-4-11-24(21)22/h3-13,20,23H,14-19H2,1-2H3,(H,30,35)(H,31,32,33)/t20-,23+. The fourth-order valence-corrected chi connectivity index (χ4v) is 5.10. The van der Waals surface area contributed by atoms with E-state index in [-0.39, 0.29) is 5.91 Å². The summed E-state index contributed by atoms with van der Waals surface area (Å²) in [6.07, 6.45) is 4.70. The number of para-hydroxylation sites is 1. The molecule has 1 fully saturated rings. The molecule has 1 aliphatic carbocycles. The lowest BCUT2D eigenvalue weighted by Crippen LogP contribution is -2.34. The van der Waals surface area contributed by atoms with Gasteiger partial charge in [-0.15, -0.1) is 0 Å². The summed E-state index contributed by atoms with van der Waals surface area (Å²) in [6, 6.07) is 22.9. The Morgan fingerprint density at radius 3 is 2.40 bits per heavy atom. The molecule has 1 saturated carbocycles. The second-order valence-corrected chi connectivity index (χ2v) is 9.76. The average molecular weight is 468 g/mol. The SMILES string of the molecule is CN(C)c1nc(N[C@H]2CC[C@@H](CNC(=O)Cc3cccc4ccccc34)CC2)nc2ccccc12. The van der Waals surface area contributed by atoms with E-state index in [1.165, 1.54) is 5.39 Å². The molecule has 1 aromatic heterocycles. The van der Waals surface area contributed by atoms with Gasteiger partial charge in [-0.3, -0.25) is 4.79 Å². The molecule has 0 aliphatic heterocycles. The van der Waals surface area contributed by atoms with Gasteiger partial charge < -0.3 is 15.5 Å². The van der Waals surface area contributed by atoms with Gasteiger partial charge >= 0.3 is 0 Å². The van der Waals surface area contributed by atoms with E-state index in [1.807, 2.05) is 55.4 Å². The molecule has 1 amide bonds.